The van der Waals surface area contributed by atoms with Crippen molar-refractivity contribution in [2.75, 3.05) is 46.3 Å². The first-order valence-corrected chi connectivity index (χ1v) is 9.67. The Kier molecular flexibility index (Phi) is 7.25. The van der Waals surface area contributed by atoms with Gasteiger partial charge in [0.05, 0.1) is 5.56 Å². The van der Waals surface area contributed by atoms with Crippen molar-refractivity contribution in [2.24, 2.45) is 0 Å². The number of benzene rings is 2. The normalized spacial score (nSPS) is 15.4. The van der Waals surface area contributed by atoms with Gasteiger partial charge in [0.2, 0.25) is 0 Å². The minimum atomic E-state index is -0.0722. The SMILES string of the molecule is CN1CCN(CCCNC(=O)c2ccccc2OCc2ccccc2)CC1. The summed E-state index contributed by atoms with van der Waals surface area (Å²) in [4.78, 5) is 17.4. The molecule has 144 valence electrons. The number of carbonyl (C=O) groups excluding carboxylic acids is 1. The Morgan fingerprint density at radius 2 is 1.70 bits per heavy atom. The quantitative estimate of drug-likeness (QED) is 0.729. The van der Waals surface area contributed by atoms with E-state index < -0.39 is 0 Å². The van der Waals surface area contributed by atoms with Gasteiger partial charge in [-0.15, -0.1) is 0 Å². The molecule has 0 unspecified atom stereocenters. The number of hydrogen-bond donors (Lipinski definition) is 1. The highest BCUT2D eigenvalue weighted by Gasteiger charge is 2.14. The molecule has 1 N–H and O–H groups in total. The molecule has 0 radical (unpaired) electrons. The summed E-state index contributed by atoms with van der Waals surface area (Å²) >= 11 is 0. The van der Waals surface area contributed by atoms with Gasteiger partial charge in [0, 0.05) is 32.7 Å². The second-order valence-electron chi connectivity index (χ2n) is 7.02. The fraction of sp³-hybridized carbons (Fsp3) is 0.409. The Morgan fingerprint density at radius 3 is 2.48 bits per heavy atom. The summed E-state index contributed by atoms with van der Waals surface area (Å²) in [5.41, 5.74) is 1.67. The lowest BCUT2D eigenvalue weighted by Crippen LogP contribution is -2.45. The standard InChI is InChI=1S/C22H29N3O2/c1-24-14-16-25(17-15-24)13-7-12-23-22(26)20-10-5-6-11-21(20)27-18-19-8-3-2-4-9-19/h2-6,8-11H,7,12-18H2,1H3,(H,23,26). The molecular formula is C22H29N3O2. The van der Waals surface area contributed by atoms with Crippen LogP contribution in [0.1, 0.15) is 22.3 Å². The van der Waals surface area contributed by atoms with E-state index in [0.717, 1.165) is 44.7 Å². The monoisotopic (exact) mass is 367 g/mol. The van der Waals surface area contributed by atoms with Crippen LogP contribution in [-0.2, 0) is 6.61 Å². The topological polar surface area (TPSA) is 44.8 Å². The highest BCUT2D eigenvalue weighted by atomic mass is 16.5. The maximum Gasteiger partial charge on any atom is 0.255 e. The van der Waals surface area contributed by atoms with Crippen molar-refractivity contribution in [3.05, 3.63) is 65.7 Å². The molecule has 0 spiro atoms. The molecule has 5 nitrogen and oxygen atoms in total. The Morgan fingerprint density at radius 1 is 1.00 bits per heavy atom. The van der Waals surface area contributed by atoms with E-state index >= 15 is 0 Å². The van der Waals surface area contributed by atoms with Gasteiger partial charge < -0.3 is 19.9 Å². The average molecular weight is 367 g/mol. The molecule has 1 amide bonds. The first kappa shape index (κ1) is 19.4. The Labute approximate surface area is 161 Å². The van der Waals surface area contributed by atoms with Crippen molar-refractivity contribution in [3.63, 3.8) is 0 Å². The summed E-state index contributed by atoms with van der Waals surface area (Å²) in [6.45, 7) is 6.63. The smallest absolute Gasteiger partial charge is 0.255 e. The molecule has 1 aliphatic rings. The lowest BCUT2D eigenvalue weighted by Gasteiger charge is -2.32. The van der Waals surface area contributed by atoms with Crippen LogP contribution in [0.25, 0.3) is 0 Å². The van der Waals surface area contributed by atoms with E-state index in [4.69, 9.17) is 4.74 Å². The maximum absolute atomic E-state index is 12.6. The zero-order valence-corrected chi connectivity index (χ0v) is 16.1. The number of nitrogens with one attached hydrogen (secondary N) is 1. The van der Waals surface area contributed by atoms with Gasteiger partial charge in [0.25, 0.3) is 5.91 Å². The second-order valence-corrected chi connectivity index (χ2v) is 7.02. The fourth-order valence-electron chi connectivity index (χ4n) is 3.19. The predicted octanol–water partition coefficient (Wildman–Crippen LogP) is 2.63. The molecule has 0 atom stereocenters. The highest BCUT2D eigenvalue weighted by Crippen LogP contribution is 2.19. The van der Waals surface area contributed by atoms with Crippen LogP contribution in [-0.4, -0.2) is 62.0 Å². The highest BCUT2D eigenvalue weighted by molar-refractivity contribution is 5.96. The van der Waals surface area contributed by atoms with E-state index in [1.807, 2.05) is 54.6 Å². The van der Waals surface area contributed by atoms with Gasteiger partial charge in [-0.25, -0.2) is 0 Å². The summed E-state index contributed by atoms with van der Waals surface area (Å²) < 4.78 is 5.88. The molecule has 1 heterocycles. The summed E-state index contributed by atoms with van der Waals surface area (Å²) in [6.07, 6.45) is 0.961. The van der Waals surface area contributed by atoms with Gasteiger partial charge >= 0.3 is 0 Å². The van der Waals surface area contributed by atoms with Gasteiger partial charge in [-0.1, -0.05) is 42.5 Å². The van der Waals surface area contributed by atoms with Gasteiger partial charge in [0.15, 0.2) is 0 Å². The van der Waals surface area contributed by atoms with Crippen LogP contribution in [0.3, 0.4) is 0 Å². The van der Waals surface area contributed by atoms with E-state index in [0.29, 0.717) is 24.5 Å². The van der Waals surface area contributed by atoms with E-state index in [1.165, 1.54) is 0 Å². The Hall–Kier alpha value is -2.37. The van der Waals surface area contributed by atoms with Gasteiger partial charge in [0.1, 0.15) is 12.4 Å². The molecule has 2 aromatic carbocycles. The number of nitrogens with zero attached hydrogens (tertiary/aromatic N) is 2. The number of piperazine rings is 1. The summed E-state index contributed by atoms with van der Waals surface area (Å²) in [7, 11) is 2.16. The largest absolute Gasteiger partial charge is 0.488 e. The van der Waals surface area contributed by atoms with Crippen LogP contribution in [0.15, 0.2) is 54.6 Å². The first-order chi connectivity index (χ1) is 13.2. The van der Waals surface area contributed by atoms with Crippen LogP contribution in [0.2, 0.25) is 0 Å². The summed E-state index contributed by atoms with van der Waals surface area (Å²) in [5.74, 6) is 0.551. The lowest BCUT2D eigenvalue weighted by atomic mass is 10.2. The molecule has 27 heavy (non-hydrogen) atoms. The summed E-state index contributed by atoms with van der Waals surface area (Å²) in [5, 5.41) is 3.03. The van der Waals surface area contributed by atoms with Crippen LogP contribution in [0.4, 0.5) is 0 Å². The van der Waals surface area contributed by atoms with Crippen molar-refractivity contribution in [3.8, 4) is 5.75 Å². The van der Waals surface area contributed by atoms with E-state index in [9.17, 15) is 4.79 Å². The number of amides is 1. The minimum Gasteiger partial charge on any atom is -0.488 e. The van der Waals surface area contributed by atoms with Gasteiger partial charge in [-0.05, 0) is 37.7 Å². The van der Waals surface area contributed by atoms with E-state index in [-0.39, 0.29) is 5.91 Å². The third-order valence-corrected chi connectivity index (χ3v) is 4.90. The molecule has 0 bridgehead atoms. The third-order valence-electron chi connectivity index (χ3n) is 4.90. The van der Waals surface area contributed by atoms with Gasteiger partial charge in [-0.2, -0.15) is 0 Å². The maximum atomic E-state index is 12.6. The van der Waals surface area contributed by atoms with Crippen molar-refractivity contribution in [1.29, 1.82) is 0 Å². The number of likely N-dealkylation sites (N-methyl/N-ethyl adjacent to an activating group) is 1. The molecular weight excluding hydrogens is 338 g/mol. The molecule has 2 aromatic rings. The van der Waals surface area contributed by atoms with E-state index in [1.54, 1.807) is 0 Å². The summed E-state index contributed by atoms with van der Waals surface area (Å²) in [6, 6.07) is 17.4. The van der Waals surface area contributed by atoms with Crippen LogP contribution >= 0.6 is 0 Å². The Balaban J connectivity index is 1.45. The molecule has 1 aliphatic heterocycles. The number of carbonyl (C=O) groups is 1. The van der Waals surface area contributed by atoms with Crippen molar-refractivity contribution in [1.82, 2.24) is 15.1 Å². The van der Waals surface area contributed by atoms with Gasteiger partial charge in [-0.3, -0.25) is 4.79 Å². The lowest BCUT2D eigenvalue weighted by molar-refractivity contribution is 0.0945. The van der Waals surface area contributed by atoms with Crippen LogP contribution in [0, 0.1) is 0 Å². The van der Waals surface area contributed by atoms with Crippen LogP contribution in [0.5, 0.6) is 5.75 Å². The number of hydrogen-bond acceptors (Lipinski definition) is 4. The molecule has 0 aromatic heterocycles. The predicted molar refractivity (Wildman–Crippen MR) is 108 cm³/mol. The second kappa shape index (κ2) is 10.1. The molecule has 1 fully saturated rings. The molecule has 0 saturated carbocycles. The average Bonchev–Trinajstić information content (AvgIpc) is 2.72. The third kappa shape index (κ3) is 6.08. The molecule has 5 heteroatoms. The first-order valence-electron chi connectivity index (χ1n) is 9.67. The van der Waals surface area contributed by atoms with Crippen LogP contribution < -0.4 is 10.1 Å². The minimum absolute atomic E-state index is 0.0722. The molecule has 3 rings (SSSR count). The number of rotatable bonds is 8. The van der Waals surface area contributed by atoms with E-state index in [2.05, 4.69) is 22.2 Å². The van der Waals surface area contributed by atoms with Crippen molar-refractivity contribution >= 4 is 5.91 Å². The zero-order chi connectivity index (χ0) is 18.9. The molecule has 0 aliphatic carbocycles. The number of ether oxygens (including phenoxy) is 1. The fourth-order valence-corrected chi connectivity index (χ4v) is 3.19. The molecule has 1 saturated heterocycles. The van der Waals surface area contributed by atoms with Crippen molar-refractivity contribution in [2.45, 2.75) is 13.0 Å². The Bertz CT molecular complexity index is 713. The van der Waals surface area contributed by atoms with Crippen molar-refractivity contribution < 1.29 is 9.53 Å². The number of para-hydroxylation sites is 1. The zero-order valence-electron chi connectivity index (χ0n) is 16.1.